The van der Waals surface area contributed by atoms with Crippen LogP contribution in [-0.2, 0) is 24.0 Å². The Balaban J connectivity index is -0.000000710. The molecule has 1 aliphatic carbocycles. The van der Waals surface area contributed by atoms with Crippen molar-refractivity contribution in [1.29, 1.82) is 0 Å². The lowest BCUT2D eigenvalue weighted by atomic mass is 10.0. The van der Waals surface area contributed by atoms with Gasteiger partial charge in [0.25, 0.3) is 0 Å². The molecule has 2 heterocycles. The lowest BCUT2D eigenvalue weighted by molar-refractivity contribution is -0.123. The zero-order chi connectivity index (χ0) is 35.9. The van der Waals surface area contributed by atoms with Crippen LogP contribution in [0.5, 0.6) is 0 Å². The molecule has 0 spiro atoms. The van der Waals surface area contributed by atoms with Crippen LogP contribution in [-0.4, -0.2) is 93.7 Å². The molecule has 2 unspecified atom stereocenters. The molecular weight excluding hydrogens is 584 g/mol. The Morgan fingerprint density at radius 3 is 2.24 bits per heavy atom. The molecule has 2 aliphatic rings. The fourth-order valence-corrected chi connectivity index (χ4v) is 4.40. The van der Waals surface area contributed by atoms with Gasteiger partial charge in [-0.2, -0.15) is 0 Å². The Hall–Kier alpha value is -3.63. The summed E-state index contributed by atoms with van der Waals surface area (Å²) in [6.07, 6.45) is 20.5. The topological polar surface area (TPSA) is 129 Å². The van der Waals surface area contributed by atoms with Crippen molar-refractivity contribution in [2.45, 2.75) is 110 Å². The zero-order valence-corrected chi connectivity index (χ0v) is 29.8. The highest BCUT2D eigenvalue weighted by Crippen LogP contribution is 2.22. The number of carbonyl (C=O) groups excluding carboxylic acids is 5. The van der Waals surface area contributed by atoms with E-state index in [2.05, 4.69) is 78.8 Å². The third-order valence-electron chi connectivity index (χ3n) is 7.58. The van der Waals surface area contributed by atoms with E-state index in [1.54, 1.807) is 6.26 Å². The van der Waals surface area contributed by atoms with E-state index in [0.29, 0.717) is 25.0 Å². The molecule has 1 aliphatic heterocycles. The van der Waals surface area contributed by atoms with Crippen LogP contribution in [0.3, 0.4) is 0 Å². The van der Waals surface area contributed by atoms with E-state index in [0.717, 1.165) is 44.3 Å². The minimum Gasteiger partial charge on any atom is -0.470 e. The summed E-state index contributed by atoms with van der Waals surface area (Å²) in [5, 5.41) is 6.28. The number of hydrogen-bond acceptors (Lipinski definition) is 9. The van der Waals surface area contributed by atoms with Crippen LogP contribution in [0.15, 0.2) is 58.9 Å². The highest BCUT2D eigenvalue weighted by atomic mass is 16.3. The molecule has 1 amide bonds. The molecule has 3 rings (SSSR count). The van der Waals surface area contributed by atoms with Crippen LogP contribution in [0.4, 0.5) is 0 Å². The monoisotopic (exact) mass is 646 g/mol. The van der Waals surface area contributed by atoms with Gasteiger partial charge < -0.3 is 34.3 Å². The molecule has 262 valence electrons. The van der Waals surface area contributed by atoms with Gasteiger partial charge in [-0.1, -0.05) is 36.8 Å². The summed E-state index contributed by atoms with van der Waals surface area (Å²) in [6.45, 7) is 16.7. The molecule has 0 saturated carbocycles. The summed E-state index contributed by atoms with van der Waals surface area (Å²) in [6, 6.07) is 4.67. The number of furan rings is 1. The van der Waals surface area contributed by atoms with E-state index in [1.165, 1.54) is 12.0 Å². The van der Waals surface area contributed by atoms with Crippen molar-refractivity contribution in [3.63, 3.8) is 0 Å². The Morgan fingerprint density at radius 2 is 1.76 bits per heavy atom. The predicted octanol–water partition coefficient (Wildman–Crippen LogP) is 5.47. The van der Waals surface area contributed by atoms with Gasteiger partial charge in [0.2, 0.25) is 5.91 Å². The minimum atomic E-state index is -0.144. The number of ketones is 1. The molecule has 10 heteroatoms. The second-order valence-electron chi connectivity index (χ2n) is 11.1. The number of carbonyl (C=O) groups is 5. The van der Waals surface area contributed by atoms with Gasteiger partial charge in [-0.05, 0) is 105 Å². The number of nitrogens with zero attached hydrogens (tertiary/aromatic N) is 2. The molecule has 0 fully saturated rings. The molecule has 1 aromatic rings. The van der Waals surface area contributed by atoms with E-state index in [4.69, 9.17) is 18.8 Å². The fourth-order valence-electron chi connectivity index (χ4n) is 4.40. The Kier molecular flexibility index (Phi) is 31.9. The number of likely N-dealkylation sites (N-methyl/N-ethyl adjacent to an activating group) is 3. The summed E-state index contributed by atoms with van der Waals surface area (Å²) in [4.78, 5) is 52.3. The number of allylic oxidation sites excluding steroid dienone is 3. The van der Waals surface area contributed by atoms with Crippen molar-refractivity contribution in [2.75, 3.05) is 27.7 Å². The van der Waals surface area contributed by atoms with Crippen LogP contribution in [0.25, 0.3) is 0 Å². The first-order valence-corrected chi connectivity index (χ1v) is 15.9. The maximum absolute atomic E-state index is 12.5. The van der Waals surface area contributed by atoms with Crippen molar-refractivity contribution < 1.29 is 28.4 Å². The molecular formula is C36H62N4O6. The summed E-state index contributed by atoms with van der Waals surface area (Å²) in [7, 11) is 5.94. The number of hydrogen-bond donors (Lipinski definition) is 2. The van der Waals surface area contributed by atoms with Crippen molar-refractivity contribution in [1.82, 2.24) is 20.4 Å². The smallest absolute Gasteiger partial charge is 0.237 e. The van der Waals surface area contributed by atoms with E-state index >= 15 is 0 Å². The van der Waals surface area contributed by atoms with E-state index in [1.807, 2.05) is 60.4 Å². The lowest BCUT2D eigenvalue weighted by Gasteiger charge is -2.26. The Labute approximate surface area is 278 Å². The van der Waals surface area contributed by atoms with Gasteiger partial charge in [0.1, 0.15) is 31.9 Å². The average Bonchev–Trinajstić information content (AvgIpc) is 3.75. The predicted molar refractivity (Wildman–Crippen MR) is 189 cm³/mol. The van der Waals surface area contributed by atoms with E-state index in [-0.39, 0.29) is 23.8 Å². The molecule has 4 atom stereocenters. The minimum absolute atomic E-state index is 0.0879. The second-order valence-corrected chi connectivity index (χ2v) is 11.1. The van der Waals surface area contributed by atoms with Crippen LogP contribution in [0, 0.1) is 6.92 Å². The summed E-state index contributed by atoms with van der Waals surface area (Å²) >= 11 is 0. The van der Waals surface area contributed by atoms with Gasteiger partial charge in [0, 0.05) is 31.6 Å². The average molecular weight is 647 g/mol. The number of aryl methyl sites for hydroxylation is 1. The van der Waals surface area contributed by atoms with E-state index in [9.17, 15) is 9.59 Å². The number of amides is 1. The third kappa shape index (κ3) is 23.7. The number of nitrogens with one attached hydrogen (secondary N) is 2. The highest BCUT2D eigenvalue weighted by Gasteiger charge is 2.21. The summed E-state index contributed by atoms with van der Waals surface area (Å²) in [5.41, 5.74) is 1.40. The Bertz CT molecular complexity index is 958. The van der Waals surface area contributed by atoms with E-state index < -0.39 is 0 Å². The standard InChI is InChI=1S/C20H37N3O2.C8H13N.C5H6O.3CH2O/c1-6-18(24)14-23(5)16(3)12-11-15(2)22-20(25)19(21-4)13-17-9-7-8-10-17;1-8-6-4-3-5-7-9(8)2;1-5-3-2-4-6-5;3*1-2/h9,15-16,19,21H,6-8,10-14H2,1-5H3,(H,22,25);4-8H,3H2,1-2H3;2-4H,1H3;3*1H2/t15-,16-,19?;;;;;/m1...../s1. The molecule has 0 saturated heterocycles. The first-order chi connectivity index (χ1) is 22.1. The highest BCUT2D eigenvalue weighted by molar-refractivity contribution is 5.82. The van der Waals surface area contributed by atoms with Crippen LogP contribution >= 0.6 is 0 Å². The maximum Gasteiger partial charge on any atom is 0.237 e. The molecule has 10 nitrogen and oxygen atoms in total. The largest absolute Gasteiger partial charge is 0.470 e. The number of Topliss-reactive ketones (excluding diaryl/α,β-unsaturated/α-hetero) is 1. The van der Waals surface area contributed by atoms with Crippen LogP contribution in [0.2, 0.25) is 0 Å². The molecule has 46 heavy (non-hydrogen) atoms. The first-order valence-electron chi connectivity index (χ1n) is 15.9. The zero-order valence-electron chi connectivity index (χ0n) is 29.8. The van der Waals surface area contributed by atoms with Gasteiger partial charge in [-0.15, -0.1) is 0 Å². The third-order valence-corrected chi connectivity index (χ3v) is 7.58. The van der Waals surface area contributed by atoms with Crippen LogP contribution in [0.1, 0.15) is 84.8 Å². The number of rotatable bonds is 12. The lowest BCUT2D eigenvalue weighted by Crippen LogP contribution is -2.46. The van der Waals surface area contributed by atoms with Crippen LogP contribution < -0.4 is 10.6 Å². The molecule has 0 bridgehead atoms. The van der Waals surface area contributed by atoms with Gasteiger partial charge in [-0.25, -0.2) is 0 Å². The summed E-state index contributed by atoms with van der Waals surface area (Å²) < 4.78 is 4.83. The first kappa shape index (κ1) is 46.8. The van der Waals surface area contributed by atoms with Crippen molar-refractivity contribution in [3.8, 4) is 0 Å². The van der Waals surface area contributed by atoms with Gasteiger partial charge in [0.15, 0.2) is 0 Å². The van der Waals surface area contributed by atoms with Gasteiger partial charge >= 0.3 is 0 Å². The second kappa shape index (κ2) is 31.4. The quantitative estimate of drug-likeness (QED) is 0.284. The van der Waals surface area contributed by atoms with Crippen molar-refractivity contribution in [2.24, 2.45) is 0 Å². The Morgan fingerprint density at radius 1 is 1.11 bits per heavy atom. The SMILES string of the molecule is C=O.C=O.C=O.CC1C=CCC=CN1C.CCC(=O)CN(C)[C@H](C)CC[C@@H](C)NC(=O)C(CC1=CCCC1)NC.Cc1ccco1. The van der Waals surface area contributed by atoms with Gasteiger partial charge in [0.05, 0.1) is 18.8 Å². The molecule has 0 radical (unpaired) electrons. The summed E-state index contributed by atoms with van der Waals surface area (Å²) in [5.74, 6) is 1.33. The van der Waals surface area contributed by atoms with Gasteiger partial charge in [-0.3, -0.25) is 14.5 Å². The normalized spacial score (nSPS) is 16.3. The van der Waals surface area contributed by atoms with Crippen molar-refractivity contribution >= 4 is 32.1 Å². The molecule has 2 N–H and O–H groups in total. The maximum atomic E-state index is 12.5. The van der Waals surface area contributed by atoms with Crippen molar-refractivity contribution in [3.05, 3.63) is 60.2 Å². The molecule has 1 aromatic heterocycles. The fraction of sp³-hybridized carbons (Fsp3) is 0.583. The molecule has 0 aromatic carbocycles.